The van der Waals surface area contributed by atoms with Crippen LogP contribution in [0.1, 0.15) is 13.3 Å². The van der Waals surface area contributed by atoms with Gasteiger partial charge in [0.1, 0.15) is 0 Å². The van der Waals surface area contributed by atoms with Gasteiger partial charge in [-0.15, -0.1) is 0 Å². The summed E-state index contributed by atoms with van der Waals surface area (Å²) in [4.78, 5) is 10.0. The summed E-state index contributed by atoms with van der Waals surface area (Å²) in [5, 5.41) is 8.14. The second-order valence-electron chi connectivity index (χ2n) is 2.95. The number of aliphatic carboxylic acids is 1. The monoisotopic (exact) mass is 220 g/mol. The quantitative estimate of drug-likeness (QED) is 0.722. The molecule has 7 heteroatoms. The van der Waals surface area contributed by atoms with E-state index in [2.05, 4.69) is 0 Å². The van der Waals surface area contributed by atoms with Crippen molar-refractivity contribution < 1.29 is 31.9 Å². The molecule has 0 aromatic rings. The maximum atomic E-state index is 12.7. The van der Waals surface area contributed by atoms with Crippen molar-refractivity contribution in [3.8, 4) is 0 Å². The van der Waals surface area contributed by atoms with Crippen molar-refractivity contribution in [2.45, 2.75) is 31.9 Å². The molecule has 0 aliphatic rings. The van der Waals surface area contributed by atoms with Crippen LogP contribution in [0.5, 0.6) is 0 Å². The zero-order valence-electron chi connectivity index (χ0n) is 7.18. The van der Waals surface area contributed by atoms with Gasteiger partial charge in [-0.05, 0) is 0 Å². The first-order valence-electron chi connectivity index (χ1n) is 3.71. The van der Waals surface area contributed by atoms with E-state index in [9.17, 15) is 26.7 Å². The maximum Gasteiger partial charge on any atom is 0.338 e. The van der Waals surface area contributed by atoms with Crippen LogP contribution >= 0.6 is 0 Å². The Balaban J connectivity index is 4.44. The lowest BCUT2D eigenvalue weighted by Crippen LogP contribution is -2.41. The van der Waals surface area contributed by atoms with Crippen LogP contribution in [0.4, 0.5) is 22.0 Å². The van der Waals surface area contributed by atoms with Crippen molar-refractivity contribution in [3.05, 3.63) is 0 Å². The van der Waals surface area contributed by atoms with Gasteiger partial charge in [-0.2, -0.15) is 8.78 Å². The molecule has 0 aromatic carbocycles. The molecule has 0 spiro atoms. The minimum Gasteiger partial charge on any atom is -0.481 e. The van der Waals surface area contributed by atoms with Crippen LogP contribution in [0, 0.1) is 5.92 Å². The molecule has 14 heavy (non-hydrogen) atoms. The number of hydrogen-bond donors (Lipinski definition) is 1. The lowest BCUT2D eigenvalue weighted by atomic mass is 9.97. The fourth-order valence-electron chi connectivity index (χ4n) is 0.879. The molecule has 0 aliphatic heterocycles. The van der Waals surface area contributed by atoms with E-state index in [1.54, 1.807) is 0 Å². The summed E-state index contributed by atoms with van der Waals surface area (Å²) in [5.41, 5.74) is 0. The van der Waals surface area contributed by atoms with Crippen LogP contribution in [0.25, 0.3) is 0 Å². The van der Waals surface area contributed by atoms with Crippen molar-refractivity contribution in [3.63, 3.8) is 0 Å². The summed E-state index contributed by atoms with van der Waals surface area (Å²) in [6.07, 6.45) is -8.20. The predicted molar refractivity (Wildman–Crippen MR) is 37.3 cm³/mol. The third-order valence-corrected chi connectivity index (χ3v) is 1.65. The van der Waals surface area contributed by atoms with Gasteiger partial charge in [-0.25, -0.2) is 13.2 Å². The summed E-state index contributed by atoms with van der Waals surface area (Å²) in [6.45, 7) is 0.842. The number of rotatable bonds is 5. The van der Waals surface area contributed by atoms with Crippen LogP contribution in [0.2, 0.25) is 0 Å². The Labute approximate surface area is 76.7 Å². The molecular weight excluding hydrogens is 211 g/mol. The molecule has 0 amide bonds. The van der Waals surface area contributed by atoms with Crippen LogP contribution in [0.15, 0.2) is 0 Å². The smallest absolute Gasteiger partial charge is 0.338 e. The fraction of sp³-hybridized carbons (Fsp3) is 0.857. The van der Waals surface area contributed by atoms with Crippen LogP contribution in [-0.4, -0.2) is 29.6 Å². The number of hydrogen-bond acceptors (Lipinski definition) is 1. The SMILES string of the molecule is CC(CC(=O)O)C(F)C(F)(F)C(F)F. The lowest BCUT2D eigenvalue weighted by molar-refractivity contribution is -0.183. The Morgan fingerprint density at radius 2 is 1.79 bits per heavy atom. The highest BCUT2D eigenvalue weighted by Gasteiger charge is 2.51. The van der Waals surface area contributed by atoms with Gasteiger partial charge in [0.15, 0.2) is 6.17 Å². The number of halogens is 5. The first kappa shape index (κ1) is 13.1. The standard InChI is InChI=1S/C7H9F5O2/c1-3(2-4(13)14)5(8)7(11,12)6(9)10/h3,5-6H,2H2,1H3,(H,13,14). The van der Waals surface area contributed by atoms with Crippen molar-refractivity contribution in [1.29, 1.82) is 0 Å². The number of carbonyl (C=O) groups is 1. The predicted octanol–water partition coefficient (Wildman–Crippen LogP) is 2.34. The highest BCUT2D eigenvalue weighted by atomic mass is 19.3. The average Bonchev–Trinajstić information content (AvgIpc) is 2.01. The highest BCUT2D eigenvalue weighted by Crippen LogP contribution is 2.34. The van der Waals surface area contributed by atoms with E-state index >= 15 is 0 Å². The molecule has 0 saturated carbocycles. The fourth-order valence-corrected chi connectivity index (χ4v) is 0.879. The van der Waals surface area contributed by atoms with Crippen LogP contribution in [0.3, 0.4) is 0 Å². The normalized spacial score (nSPS) is 16.8. The average molecular weight is 220 g/mol. The molecule has 2 nitrogen and oxygen atoms in total. The maximum absolute atomic E-state index is 12.7. The summed E-state index contributed by atoms with van der Waals surface area (Å²) in [6, 6.07) is 0. The van der Waals surface area contributed by atoms with Gasteiger partial charge in [0.25, 0.3) is 0 Å². The Kier molecular flexibility index (Phi) is 4.28. The van der Waals surface area contributed by atoms with E-state index < -0.39 is 36.8 Å². The lowest BCUT2D eigenvalue weighted by Gasteiger charge is -2.23. The largest absolute Gasteiger partial charge is 0.481 e. The number of carboxylic acid groups (broad SMARTS) is 1. The molecular formula is C7H9F5O2. The van der Waals surface area contributed by atoms with Gasteiger partial charge in [0.05, 0.1) is 6.42 Å². The molecule has 1 N–H and O–H groups in total. The number of carboxylic acids is 1. The zero-order valence-corrected chi connectivity index (χ0v) is 7.18. The van der Waals surface area contributed by atoms with Gasteiger partial charge >= 0.3 is 18.3 Å². The summed E-state index contributed by atoms with van der Waals surface area (Å²) < 4.78 is 60.6. The molecule has 84 valence electrons. The van der Waals surface area contributed by atoms with Crippen molar-refractivity contribution in [2.75, 3.05) is 0 Å². The van der Waals surface area contributed by atoms with Gasteiger partial charge in [0, 0.05) is 5.92 Å². The molecule has 0 radical (unpaired) electrons. The molecule has 0 aromatic heterocycles. The van der Waals surface area contributed by atoms with E-state index in [0.29, 0.717) is 0 Å². The molecule has 0 fully saturated rings. The Hall–Kier alpha value is -0.880. The van der Waals surface area contributed by atoms with E-state index in [0.717, 1.165) is 6.92 Å². The summed E-state index contributed by atoms with van der Waals surface area (Å²) >= 11 is 0. The molecule has 2 unspecified atom stereocenters. The minimum atomic E-state index is -4.80. The number of alkyl halides is 5. The molecule has 2 atom stereocenters. The Morgan fingerprint density at radius 3 is 2.07 bits per heavy atom. The van der Waals surface area contributed by atoms with Crippen molar-refractivity contribution in [2.24, 2.45) is 5.92 Å². The molecule has 0 saturated heterocycles. The van der Waals surface area contributed by atoms with Crippen LogP contribution in [-0.2, 0) is 4.79 Å². The molecule has 0 aliphatic carbocycles. The first-order chi connectivity index (χ1) is 6.19. The third kappa shape index (κ3) is 3.12. The Morgan fingerprint density at radius 1 is 1.36 bits per heavy atom. The third-order valence-electron chi connectivity index (χ3n) is 1.65. The summed E-state index contributed by atoms with van der Waals surface area (Å²) in [7, 11) is 0. The van der Waals surface area contributed by atoms with Gasteiger partial charge < -0.3 is 5.11 Å². The van der Waals surface area contributed by atoms with E-state index in [1.807, 2.05) is 0 Å². The Bertz CT molecular complexity index is 206. The van der Waals surface area contributed by atoms with Gasteiger partial charge in [0.2, 0.25) is 0 Å². The zero-order chi connectivity index (χ0) is 11.5. The topological polar surface area (TPSA) is 37.3 Å². The van der Waals surface area contributed by atoms with E-state index in [4.69, 9.17) is 5.11 Å². The van der Waals surface area contributed by atoms with Crippen molar-refractivity contribution >= 4 is 5.97 Å². The van der Waals surface area contributed by atoms with Gasteiger partial charge in [-0.1, -0.05) is 6.92 Å². The highest BCUT2D eigenvalue weighted by molar-refractivity contribution is 5.67. The minimum absolute atomic E-state index is 0.842. The van der Waals surface area contributed by atoms with Crippen molar-refractivity contribution in [1.82, 2.24) is 0 Å². The molecule has 0 bridgehead atoms. The molecule has 0 heterocycles. The van der Waals surface area contributed by atoms with Crippen LogP contribution < -0.4 is 0 Å². The second kappa shape index (κ2) is 4.56. The van der Waals surface area contributed by atoms with E-state index in [-0.39, 0.29) is 0 Å². The summed E-state index contributed by atoms with van der Waals surface area (Å²) in [5.74, 6) is -7.96. The second-order valence-corrected chi connectivity index (χ2v) is 2.95. The van der Waals surface area contributed by atoms with Gasteiger partial charge in [-0.3, -0.25) is 4.79 Å². The first-order valence-corrected chi connectivity index (χ1v) is 3.71. The molecule has 0 rings (SSSR count). The van der Waals surface area contributed by atoms with E-state index in [1.165, 1.54) is 0 Å².